The van der Waals surface area contributed by atoms with Gasteiger partial charge in [-0.3, -0.25) is 0 Å². The van der Waals surface area contributed by atoms with E-state index in [0.29, 0.717) is 0 Å². The van der Waals surface area contributed by atoms with Crippen LogP contribution in [0.5, 0.6) is 0 Å². The molecule has 0 spiro atoms. The van der Waals surface area contributed by atoms with E-state index >= 15 is 0 Å². The normalized spacial score (nSPS) is 20.2. The second kappa shape index (κ2) is 4.33. The molecule has 1 aromatic rings. The van der Waals surface area contributed by atoms with Crippen molar-refractivity contribution in [3.05, 3.63) is 20.3 Å². The third-order valence-electron chi connectivity index (χ3n) is 3.11. The largest absolute Gasteiger partial charge is 0.323 e. The summed E-state index contributed by atoms with van der Waals surface area (Å²) in [6.07, 6.45) is 5.36. The third-order valence-corrected chi connectivity index (χ3v) is 5.35. The lowest BCUT2D eigenvalue weighted by Gasteiger charge is -2.16. The second-order valence-corrected chi connectivity index (χ2v) is 6.58. The molecule has 0 amide bonds. The predicted molar refractivity (Wildman–Crippen MR) is 65.6 cm³/mol. The minimum absolute atomic E-state index is 0.271. The molecule has 0 radical (unpaired) electrons. The van der Waals surface area contributed by atoms with Crippen LogP contribution in [-0.4, -0.2) is 0 Å². The molecule has 0 unspecified atom stereocenters. The molecule has 0 aromatic carbocycles. The SMILES string of the molecule is Cc1cc([C@@H](N)C2CCCC2)sc1Br. The Hall–Kier alpha value is 0.140. The summed E-state index contributed by atoms with van der Waals surface area (Å²) in [6, 6.07) is 2.50. The number of thiophene rings is 1. The van der Waals surface area contributed by atoms with Crippen LogP contribution in [0.3, 0.4) is 0 Å². The van der Waals surface area contributed by atoms with Gasteiger partial charge >= 0.3 is 0 Å². The van der Waals surface area contributed by atoms with Gasteiger partial charge in [0.05, 0.1) is 3.79 Å². The standard InChI is InChI=1S/C11H16BrNS/c1-7-6-9(14-11(7)12)10(13)8-4-2-3-5-8/h6,8,10H,2-5,13H2,1H3/t10-/m0/s1. The van der Waals surface area contributed by atoms with Crippen LogP contribution in [0.1, 0.15) is 42.2 Å². The highest BCUT2D eigenvalue weighted by molar-refractivity contribution is 9.11. The fourth-order valence-corrected chi connectivity index (χ4v) is 3.86. The van der Waals surface area contributed by atoms with E-state index in [2.05, 4.69) is 28.9 Å². The van der Waals surface area contributed by atoms with E-state index in [-0.39, 0.29) is 6.04 Å². The molecule has 0 aliphatic heterocycles. The summed E-state index contributed by atoms with van der Waals surface area (Å²) in [6.45, 7) is 2.13. The van der Waals surface area contributed by atoms with Crippen LogP contribution in [0.15, 0.2) is 9.85 Å². The van der Waals surface area contributed by atoms with Gasteiger partial charge in [-0.05, 0) is 53.2 Å². The van der Waals surface area contributed by atoms with Gasteiger partial charge < -0.3 is 5.73 Å². The van der Waals surface area contributed by atoms with Crippen molar-refractivity contribution in [3.8, 4) is 0 Å². The van der Waals surface area contributed by atoms with Gasteiger partial charge in [0.2, 0.25) is 0 Å². The van der Waals surface area contributed by atoms with Crippen LogP contribution in [0.4, 0.5) is 0 Å². The minimum atomic E-state index is 0.271. The van der Waals surface area contributed by atoms with E-state index in [4.69, 9.17) is 5.73 Å². The number of hydrogen-bond donors (Lipinski definition) is 1. The van der Waals surface area contributed by atoms with Gasteiger partial charge in [0, 0.05) is 10.9 Å². The molecular formula is C11H16BrNS. The van der Waals surface area contributed by atoms with Crippen LogP contribution in [-0.2, 0) is 0 Å². The lowest BCUT2D eigenvalue weighted by Crippen LogP contribution is -2.17. The first-order valence-corrected chi connectivity index (χ1v) is 6.81. The van der Waals surface area contributed by atoms with E-state index in [1.807, 2.05) is 0 Å². The Kier molecular flexibility index (Phi) is 3.30. The molecule has 1 atom stereocenters. The van der Waals surface area contributed by atoms with Crippen molar-refractivity contribution in [2.45, 2.75) is 38.6 Å². The summed E-state index contributed by atoms with van der Waals surface area (Å²) < 4.78 is 1.24. The van der Waals surface area contributed by atoms with Gasteiger partial charge in [-0.1, -0.05) is 12.8 Å². The van der Waals surface area contributed by atoms with Crippen molar-refractivity contribution in [1.82, 2.24) is 0 Å². The van der Waals surface area contributed by atoms with Crippen LogP contribution in [0, 0.1) is 12.8 Å². The lowest BCUT2D eigenvalue weighted by molar-refractivity contribution is 0.450. The summed E-state index contributed by atoms with van der Waals surface area (Å²) >= 11 is 5.36. The van der Waals surface area contributed by atoms with Crippen LogP contribution < -0.4 is 5.73 Å². The molecule has 1 nitrogen and oxygen atoms in total. The Bertz CT molecular complexity index is 296. The summed E-state index contributed by atoms with van der Waals surface area (Å²) in [4.78, 5) is 1.35. The Morgan fingerprint density at radius 2 is 2.14 bits per heavy atom. The molecule has 1 heterocycles. The van der Waals surface area contributed by atoms with E-state index < -0.39 is 0 Å². The van der Waals surface area contributed by atoms with E-state index in [1.54, 1.807) is 11.3 Å². The molecule has 1 aromatic heterocycles. The first-order valence-electron chi connectivity index (χ1n) is 5.20. The van der Waals surface area contributed by atoms with Crippen LogP contribution >= 0.6 is 27.3 Å². The number of rotatable bonds is 2. The van der Waals surface area contributed by atoms with Crippen molar-refractivity contribution in [3.63, 3.8) is 0 Å². The van der Waals surface area contributed by atoms with Gasteiger partial charge in [0.25, 0.3) is 0 Å². The molecule has 1 fully saturated rings. The molecule has 3 heteroatoms. The zero-order valence-corrected chi connectivity index (χ0v) is 10.8. The molecule has 78 valence electrons. The smallest absolute Gasteiger partial charge is 0.0731 e. The molecule has 2 N–H and O–H groups in total. The maximum Gasteiger partial charge on any atom is 0.0731 e. The quantitative estimate of drug-likeness (QED) is 0.866. The highest BCUT2D eigenvalue weighted by Gasteiger charge is 2.24. The van der Waals surface area contributed by atoms with Crippen molar-refractivity contribution in [2.24, 2.45) is 11.7 Å². The van der Waals surface area contributed by atoms with Crippen molar-refractivity contribution in [1.29, 1.82) is 0 Å². The summed E-state index contributed by atoms with van der Waals surface area (Å²) in [5, 5.41) is 0. The van der Waals surface area contributed by atoms with Crippen molar-refractivity contribution >= 4 is 27.3 Å². The minimum Gasteiger partial charge on any atom is -0.323 e. The Labute approximate surface area is 97.8 Å². The molecule has 14 heavy (non-hydrogen) atoms. The average molecular weight is 274 g/mol. The highest BCUT2D eigenvalue weighted by Crippen LogP contribution is 2.39. The first kappa shape index (κ1) is 10.7. The average Bonchev–Trinajstić information content (AvgIpc) is 2.76. The number of halogens is 1. The highest BCUT2D eigenvalue weighted by atomic mass is 79.9. The van der Waals surface area contributed by atoms with E-state index in [1.165, 1.54) is 39.9 Å². The maximum atomic E-state index is 6.27. The topological polar surface area (TPSA) is 26.0 Å². The third kappa shape index (κ3) is 2.05. The van der Waals surface area contributed by atoms with Crippen LogP contribution in [0.25, 0.3) is 0 Å². The molecule has 0 saturated heterocycles. The Morgan fingerprint density at radius 3 is 2.64 bits per heavy atom. The number of aryl methyl sites for hydroxylation is 1. The molecular weight excluding hydrogens is 258 g/mol. The molecule has 1 aliphatic rings. The molecule has 1 aliphatic carbocycles. The Balaban J connectivity index is 2.13. The number of nitrogens with two attached hydrogens (primary N) is 1. The zero-order valence-electron chi connectivity index (χ0n) is 8.42. The maximum absolute atomic E-state index is 6.27. The summed E-state index contributed by atoms with van der Waals surface area (Å²) in [5.41, 5.74) is 7.59. The fourth-order valence-electron chi connectivity index (χ4n) is 2.20. The van der Waals surface area contributed by atoms with Crippen molar-refractivity contribution < 1.29 is 0 Å². The monoisotopic (exact) mass is 273 g/mol. The van der Waals surface area contributed by atoms with E-state index in [9.17, 15) is 0 Å². The zero-order chi connectivity index (χ0) is 10.1. The molecule has 2 rings (SSSR count). The van der Waals surface area contributed by atoms with Crippen molar-refractivity contribution in [2.75, 3.05) is 0 Å². The van der Waals surface area contributed by atoms with Gasteiger partial charge in [0.1, 0.15) is 0 Å². The molecule has 1 saturated carbocycles. The Morgan fingerprint density at radius 1 is 1.50 bits per heavy atom. The lowest BCUT2D eigenvalue weighted by atomic mass is 9.97. The van der Waals surface area contributed by atoms with Gasteiger partial charge in [0.15, 0.2) is 0 Å². The van der Waals surface area contributed by atoms with E-state index in [0.717, 1.165) is 5.92 Å². The fraction of sp³-hybridized carbons (Fsp3) is 0.636. The van der Waals surface area contributed by atoms with Gasteiger partial charge in [-0.15, -0.1) is 11.3 Å². The van der Waals surface area contributed by atoms with Gasteiger partial charge in [-0.25, -0.2) is 0 Å². The molecule has 0 bridgehead atoms. The summed E-state index contributed by atoms with van der Waals surface area (Å²) in [7, 11) is 0. The second-order valence-electron chi connectivity index (χ2n) is 4.18. The predicted octanol–water partition coefficient (Wildman–Crippen LogP) is 4.01. The van der Waals surface area contributed by atoms with Crippen LogP contribution in [0.2, 0.25) is 0 Å². The summed E-state index contributed by atoms with van der Waals surface area (Å²) in [5.74, 6) is 0.722. The first-order chi connectivity index (χ1) is 6.68. The number of hydrogen-bond acceptors (Lipinski definition) is 2. The van der Waals surface area contributed by atoms with Gasteiger partial charge in [-0.2, -0.15) is 0 Å².